The molecule has 3 atom stereocenters. The number of methoxy groups -OCH3 is 2. The SMILES string of the molecule is COC(=O)C1C(OC)C1C(C)C. The lowest BCUT2D eigenvalue weighted by Crippen LogP contribution is -2.07. The number of rotatable bonds is 3. The van der Waals surface area contributed by atoms with Gasteiger partial charge in [-0.05, 0) is 5.92 Å². The van der Waals surface area contributed by atoms with E-state index in [0.717, 1.165) is 0 Å². The maximum Gasteiger partial charge on any atom is 0.311 e. The van der Waals surface area contributed by atoms with Crippen LogP contribution in [0, 0.1) is 17.8 Å². The maximum absolute atomic E-state index is 11.2. The molecule has 0 spiro atoms. The molecule has 0 aromatic rings. The number of hydrogen-bond donors (Lipinski definition) is 0. The first-order valence-electron chi connectivity index (χ1n) is 4.24. The summed E-state index contributed by atoms with van der Waals surface area (Å²) in [6, 6.07) is 0. The fraction of sp³-hybridized carbons (Fsp3) is 0.889. The number of carbonyl (C=O) groups excluding carboxylic acids is 1. The average molecular weight is 172 g/mol. The van der Waals surface area contributed by atoms with Crippen molar-refractivity contribution in [3.8, 4) is 0 Å². The van der Waals surface area contributed by atoms with Gasteiger partial charge in [0.2, 0.25) is 0 Å². The van der Waals surface area contributed by atoms with Gasteiger partial charge in [0.15, 0.2) is 0 Å². The van der Waals surface area contributed by atoms with Crippen molar-refractivity contribution in [2.75, 3.05) is 14.2 Å². The van der Waals surface area contributed by atoms with E-state index in [1.165, 1.54) is 7.11 Å². The molecular weight excluding hydrogens is 156 g/mol. The number of ether oxygens (including phenoxy) is 2. The molecule has 0 saturated heterocycles. The molecule has 0 aliphatic heterocycles. The van der Waals surface area contributed by atoms with Crippen molar-refractivity contribution < 1.29 is 14.3 Å². The molecule has 0 amide bonds. The quantitative estimate of drug-likeness (QED) is 0.597. The molecule has 1 rings (SSSR count). The zero-order valence-electron chi connectivity index (χ0n) is 8.03. The van der Waals surface area contributed by atoms with Crippen LogP contribution >= 0.6 is 0 Å². The highest BCUT2D eigenvalue weighted by Gasteiger charge is 2.57. The Bertz CT molecular complexity index is 177. The molecule has 0 aromatic heterocycles. The van der Waals surface area contributed by atoms with Crippen LogP contribution in [0.25, 0.3) is 0 Å². The number of esters is 1. The first kappa shape index (κ1) is 9.52. The van der Waals surface area contributed by atoms with Gasteiger partial charge in [0.05, 0.1) is 19.1 Å². The van der Waals surface area contributed by atoms with E-state index in [1.807, 2.05) is 0 Å². The minimum atomic E-state index is -0.138. The Morgan fingerprint density at radius 2 is 1.92 bits per heavy atom. The first-order valence-corrected chi connectivity index (χ1v) is 4.24. The summed E-state index contributed by atoms with van der Waals surface area (Å²) in [5.41, 5.74) is 0. The van der Waals surface area contributed by atoms with Gasteiger partial charge in [0.25, 0.3) is 0 Å². The van der Waals surface area contributed by atoms with Crippen molar-refractivity contribution in [1.29, 1.82) is 0 Å². The summed E-state index contributed by atoms with van der Waals surface area (Å²) in [7, 11) is 3.06. The van der Waals surface area contributed by atoms with E-state index in [2.05, 4.69) is 18.6 Å². The number of hydrogen-bond acceptors (Lipinski definition) is 3. The van der Waals surface area contributed by atoms with Gasteiger partial charge in [-0.2, -0.15) is 0 Å². The standard InChI is InChI=1S/C9H16O3/c1-5(2)6-7(8(6)11-3)9(10)12-4/h5-8H,1-4H3. The molecule has 1 fully saturated rings. The van der Waals surface area contributed by atoms with E-state index in [4.69, 9.17) is 4.74 Å². The van der Waals surface area contributed by atoms with Gasteiger partial charge in [-0.25, -0.2) is 0 Å². The van der Waals surface area contributed by atoms with Crippen LogP contribution in [0.2, 0.25) is 0 Å². The first-order chi connectivity index (χ1) is 5.63. The molecular formula is C9H16O3. The topological polar surface area (TPSA) is 35.5 Å². The molecule has 3 nitrogen and oxygen atoms in total. The average Bonchev–Trinajstić information content (AvgIpc) is 2.76. The molecule has 70 valence electrons. The van der Waals surface area contributed by atoms with Crippen LogP contribution in [0.3, 0.4) is 0 Å². The van der Waals surface area contributed by atoms with Crippen molar-refractivity contribution in [1.82, 2.24) is 0 Å². The van der Waals surface area contributed by atoms with E-state index in [0.29, 0.717) is 11.8 Å². The van der Waals surface area contributed by atoms with Crippen molar-refractivity contribution in [2.45, 2.75) is 20.0 Å². The summed E-state index contributed by atoms with van der Waals surface area (Å²) >= 11 is 0. The summed E-state index contributed by atoms with van der Waals surface area (Å²) in [6.07, 6.45) is 0.0810. The molecule has 3 heteroatoms. The fourth-order valence-electron chi connectivity index (χ4n) is 1.83. The molecule has 1 aliphatic carbocycles. The van der Waals surface area contributed by atoms with Crippen molar-refractivity contribution >= 4 is 5.97 Å². The lowest BCUT2D eigenvalue weighted by atomic mass is 10.1. The summed E-state index contributed by atoms with van der Waals surface area (Å²) in [5, 5.41) is 0. The van der Waals surface area contributed by atoms with Crippen molar-refractivity contribution in [3.05, 3.63) is 0 Å². The lowest BCUT2D eigenvalue weighted by Gasteiger charge is -2.00. The molecule has 1 saturated carbocycles. The van der Waals surface area contributed by atoms with Crippen LogP contribution in [0.5, 0.6) is 0 Å². The van der Waals surface area contributed by atoms with Gasteiger partial charge in [0, 0.05) is 13.0 Å². The molecule has 0 aromatic carbocycles. The third-order valence-corrected chi connectivity index (χ3v) is 2.52. The summed E-state index contributed by atoms with van der Waals surface area (Å²) in [4.78, 5) is 11.2. The van der Waals surface area contributed by atoms with Crippen LogP contribution in [0.1, 0.15) is 13.8 Å². The molecule has 0 radical (unpaired) electrons. The molecule has 0 heterocycles. The summed E-state index contributed by atoms with van der Waals surface area (Å²) in [5.74, 6) is 0.669. The Kier molecular flexibility index (Phi) is 2.73. The Balaban J connectivity index is 2.52. The van der Waals surface area contributed by atoms with E-state index in [1.54, 1.807) is 7.11 Å². The van der Waals surface area contributed by atoms with Crippen LogP contribution < -0.4 is 0 Å². The van der Waals surface area contributed by atoms with Gasteiger partial charge in [-0.3, -0.25) is 4.79 Å². The second-order valence-corrected chi connectivity index (χ2v) is 3.57. The van der Waals surface area contributed by atoms with E-state index in [-0.39, 0.29) is 18.0 Å². The van der Waals surface area contributed by atoms with Gasteiger partial charge in [-0.1, -0.05) is 13.8 Å². The zero-order chi connectivity index (χ0) is 9.30. The Morgan fingerprint density at radius 1 is 1.33 bits per heavy atom. The second kappa shape index (κ2) is 3.44. The largest absolute Gasteiger partial charge is 0.469 e. The summed E-state index contributed by atoms with van der Waals surface area (Å²) in [6.45, 7) is 4.19. The normalized spacial score (nSPS) is 33.6. The molecule has 0 bridgehead atoms. The third-order valence-electron chi connectivity index (χ3n) is 2.52. The van der Waals surface area contributed by atoms with Gasteiger partial charge >= 0.3 is 5.97 Å². The molecule has 3 unspecified atom stereocenters. The number of carbonyl (C=O) groups is 1. The Hall–Kier alpha value is -0.570. The highest BCUT2D eigenvalue weighted by Crippen LogP contribution is 2.47. The predicted molar refractivity (Wildman–Crippen MR) is 44.6 cm³/mol. The minimum Gasteiger partial charge on any atom is -0.469 e. The highest BCUT2D eigenvalue weighted by atomic mass is 16.5. The molecule has 1 aliphatic rings. The van der Waals surface area contributed by atoms with Crippen LogP contribution in [0.15, 0.2) is 0 Å². The molecule has 0 N–H and O–H groups in total. The fourth-order valence-corrected chi connectivity index (χ4v) is 1.83. The minimum absolute atomic E-state index is 0.0278. The predicted octanol–water partition coefficient (Wildman–Crippen LogP) is 1.08. The third kappa shape index (κ3) is 1.46. The van der Waals surface area contributed by atoms with Crippen LogP contribution in [-0.4, -0.2) is 26.3 Å². The van der Waals surface area contributed by atoms with E-state index < -0.39 is 0 Å². The maximum atomic E-state index is 11.2. The monoisotopic (exact) mass is 172 g/mol. The lowest BCUT2D eigenvalue weighted by molar-refractivity contribution is -0.143. The smallest absolute Gasteiger partial charge is 0.311 e. The second-order valence-electron chi connectivity index (χ2n) is 3.57. The van der Waals surface area contributed by atoms with Gasteiger partial charge < -0.3 is 9.47 Å². The summed E-state index contributed by atoms with van der Waals surface area (Å²) < 4.78 is 9.84. The van der Waals surface area contributed by atoms with Crippen LogP contribution in [0.4, 0.5) is 0 Å². The molecule has 12 heavy (non-hydrogen) atoms. The Labute approximate surface area is 73.0 Å². The van der Waals surface area contributed by atoms with E-state index in [9.17, 15) is 4.79 Å². The van der Waals surface area contributed by atoms with E-state index >= 15 is 0 Å². The highest BCUT2D eigenvalue weighted by molar-refractivity contribution is 5.77. The van der Waals surface area contributed by atoms with Crippen molar-refractivity contribution in [3.63, 3.8) is 0 Å². The van der Waals surface area contributed by atoms with Gasteiger partial charge in [-0.15, -0.1) is 0 Å². The van der Waals surface area contributed by atoms with Crippen LogP contribution in [-0.2, 0) is 14.3 Å². The van der Waals surface area contributed by atoms with Gasteiger partial charge in [0.1, 0.15) is 0 Å². The Morgan fingerprint density at radius 3 is 2.17 bits per heavy atom. The van der Waals surface area contributed by atoms with Crippen molar-refractivity contribution in [2.24, 2.45) is 17.8 Å². The zero-order valence-corrected chi connectivity index (χ0v) is 8.03.